The molecule has 0 amide bonds. The number of carbonyl (C=O) groups excluding carboxylic acids is 1. The van der Waals surface area contributed by atoms with Crippen LogP contribution in [0.1, 0.15) is 16.1 Å². The van der Waals surface area contributed by atoms with Crippen molar-refractivity contribution in [2.75, 3.05) is 7.11 Å². The molecule has 0 aliphatic rings. The lowest BCUT2D eigenvalue weighted by Gasteiger charge is -2.09. The molecule has 5 nitrogen and oxygen atoms in total. The molecule has 1 heterocycles. The van der Waals surface area contributed by atoms with Gasteiger partial charge in [-0.15, -0.1) is 5.10 Å². The van der Waals surface area contributed by atoms with Crippen LogP contribution < -0.4 is 0 Å². The molecule has 0 aliphatic carbocycles. The summed E-state index contributed by atoms with van der Waals surface area (Å²) in [6, 6.07) is 2.77. The molecule has 9 heteroatoms. The zero-order valence-corrected chi connectivity index (χ0v) is 10.7. The normalized spacial score (nSPS) is 11.4. The third-order valence-electron chi connectivity index (χ3n) is 2.41. The van der Waals surface area contributed by atoms with Crippen molar-refractivity contribution in [2.24, 2.45) is 0 Å². The number of aromatic nitrogens is 3. The largest absolute Gasteiger partial charge is 0.464 e. The first kappa shape index (κ1) is 14.3. The van der Waals surface area contributed by atoms with Crippen molar-refractivity contribution in [1.82, 2.24) is 15.0 Å². The van der Waals surface area contributed by atoms with Gasteiger partial charge in [0.15, 0.2) is 5.69 Å². The van der Waals surface area contributed by atoms with Crippen molar-refractivity contribution in [3.63, 3.8) is 0 Å². The minimum absolute atomic E-state index is 0.0378. The van der Waals surface area contributed by atoms with E-state index in [0.29, 0.717) is 0 Å². The Balaban J connectivity index is 2.47. The van der Waals surface area contributed by atoms with E-state index in [1.165, 1.54) is 0 Å². The molecule has 2 aromatic rings. The number of methoxy groups -OCH3 is 1. The lowest BCUT2D eigenvalue weighted by Crippen LogP contribution is -2.07. The van der Waals surface area contributed by atoms with Gasteiger partial charge in [0.1, 0.15) is 0 Å². The predicted octanol–water partition coefficient (Wildman–Crippen LogP) is 2.73. The Morgan fingerprint density at radius 3 is 2.70 bits per heavy atom. The van der Waals surface area contributed by atoms with Gasteiger partial charge in [-0.05, 0) is 18.2 Å². The highest BCUT2D eigenvalue weighted by Gasteiger charge is 2.31. The van der Waals surface area contributed by atoms with Gasteiger partial charge < -0.3 is 4.74 Å². The van der Waals surface area contributed by atoms with Crippen molar-refractivity contribution < 1.29 is 22.7 Å². The molecule has 1 aromatic carbocycles. The lowest BCUT2D eigenvalue weighted by atomic mass is 10.2. The van der Waals surface area contributed by atoms with Crippen LogP contribution in [0.4, 0.5) is 13.2 Å². The van der Waals surface area contributed by atoms with Crippen LogP contribution in [0.15, 0.2) is 24.4 Å². The smallest absolute Gasteiger partial charge is 0.416 e. The Labute approximate surface area is 115 Å². The number of hydrogen-bond acceptors (Lipinski definition) is 4. The molecule has 20 heavy (non-hydrogen) atoms. The Hall–Kier alpha value is -2.09. The molecule has 0 saturated carbocycles. The third-order valence-corrected chi connectivity index (χ3v) is 2.73. The van der Waals surface area contributed by atoms with Crippen LogP contribution in [-0.4, -0.2) is 28.1 Å². The number of nitrogens with zero attached hydrogens (tertiary/aromatic N) is 3. The van der Waals surface area contributed by atoms with Crippen molar-refractivity contribution in [3.05, 3.63) is 40.7 Å². The Morgan fingerprint density at radius 1 is 1.40 bits per heavy atom. The van der Waals surface area contributed by atoms with Gasteiger partial charge in [0.05, 0.1) is 29.6 Å². The Morgan fingerprint density at radius 2 is 2.10 bits per heavy atom. The van der Waals surface area contributed by atoms with E-state index in [0.717, 1.165) is 36.2 Å². The molecule has 0 bridgehead atoms. The van der Waals surface area contributed by atoms with E-state index in [1.54, 1.807) is 0 Å². The maximum Gasteiger partial charge on any atom is 0.416 e. The molecular weight excluding hydrogens is 299 g/mol. The highest BCUT2D eigenvalue weighted by atomic mass is 35.5. The molecule has 0 aliphatic heterocycles. The average molecular weight is 306 g/mol. The van der Waals surface area contributed by atoms with Crippen LogP contribution in [0.25, 0.3) is 5.69 Å². The second kappa shape index (κ2) is 5.12. The Bertz CT molecular complexity index is 655. The highest BCUT2D eigenvalue weighted by Crippen LogP contribution is 2.32. The minimum Gasteiger partial charge on any atom is -0.464 e. The SMILES string of the molecule is COC(=O)c1cn(-c2cc(C(F)(F)F)ccc2Cl)nn1. The van der Waals surface area contributed by atoms with Crippen molar-refractivity contribution in [2.45, 2.75) is 6.18 Å². The zero-order chi connectivity index (χ0) is 14.9. The fourth-order valence-electron chi connectivity index (χ4n) is 1.44. The number of carbonyl (C=O) groups is 1. The lowest BCUT2D eigenvalue weighted by molar-refractivity contribution is -0.137. The predicted molar refractivity (Wildman–Crippen MR) is 62.7 cm³/mol. The van der Waals surface area contributed by atoms with E-state index < -0.39 is 17.7 Å². The number of benzene rings is 1. The summed E-state index contributed by atoms with van der Waals surface area (Å²) in [5.74, 6) is -0.751. The second-order valence-corrected chi connectivity index (χ2v) is 4.11. The summed E-state index contributed by atoms with van der Waals surface area (Å²) in [6.07, 6.45) is -3.38. The van der Waals surface area contributed by atoms with E-state index in [4.69, 9.17) is 11.6 Å². The molecule has 2 rings (SSSR count). The molecule has 0 unspecified atom stereocenters. The fourth-order valence-corrected chi connectivity index (χ4v) is 1.65. The van der Waals surface area contributed by atoms with E-state index in [-0.39, 0.29) is 16.4 Å². The first-order valence-corrected chi connectivity index (χ1v) is 5.58. The van der Waals surface area contributed by atoms with Crippen molar-refractivity contribution >= 4 is 17.6 Å². The topological polar surface area (TPSA) is 57.0 Å². The van der Waals surface area contributed by atoms with Crippen molar-refractivity contribution in [3.8, 4) is 5.69 Å². The van der Waals surface area contributed by atoms with Gasteiger partial charge in [-0.3, -0.25) is 0 Å². The van der Waals surface area contributed by atoms with Gasteiger partial charge in [-0.2, -0.15) is 13.2 Å². The number of ether oxygens (including phenoxy) is 1. The standard InChI is InChI=1S/C11H7ClF3N3O2/c1-20-10(19)8-5-18(17-16-8)9-4-6(11(13,14)15)2-3-7(9)12/h2-5H,1H3. The second-order valence-electron chi connectivity index (χ2n) is 3.70. The molecule has 106 valence electrons. The number of rotatable bonds is 2. The van der Waals surface area contributed by atoms with Gasteiger partial charge in [-0.25, -0.2) is 9.48 Å². The van der Waals surface area contributed by atoms with Gasteiger partial charge in [0.25, 0.3) is 0 Å². The average Bonchev–Trinajstić information content (AvgIpc) is 2.86. The molecule has 0 N–H and O–H groups in total. The molecule has 0 fully saturated rings. The van der Waals surface area contributed by atoms with Crippen molar-refractivity contribution in [1.29, 1.82) is 0 Å². The number of alkyl halides is 3. The van der Waals surface area contributed by atoms with Crippen LogP contribution in [0, 0.1) is 0 Å². The molecular formula is C11H7ClF3N3O2. The maximum atomic E-state index is 12.6. The van der Waals surface area contributed by atoms with Gasteiger partial charge >= 0.3 is 12.1 Å². The summed E-state index contributed by atoms with van der Waals surface area (Å²) in [4.78, 5) is 11.2. The summed E-state index contributed by atoms with van der Waals surface area (Å²) in [6.45, 7) is 0. The third kappa shape index (κ3) is 2.74. The number of esters is 1. The van der Waals surface area contributed by atoms with Crippen LogP contribution >= 0.6 is 11.6 Å². The summed E-state index contributed by atoms with van der Waals surface area (Å²) in [5.41, 5.74) is -1.06. The zero-order valence-electron chi connectivity index (χ0n) is 9.98. The monoisotopic (exact) mass is 305 g/mol. The van der Waals surface area contributed by atoms with Gasteiger partial charge in [-0.1, -0.05) is 16.8 Å². The summed E-state index contributed by atoms with van der Waals surface area (Å²) in [5, 5.41) is 7.09. The number of halogens is 4. The number of hydrogen-bond donors (Lipinski definition) is 0. The van der Waals surface area contributed by atoms with Crippen LogP contribution in [0.5, 0.6) is 0 Å². The molecule has 0 saturated heterocycles. The van der Waals surface area contributed by atoms with E-state index in [9.17, 15) is 18.0 Å². The molecule has 1 aromatic heterocycles. The summed E-state index contributed by atoms with van der Waals surface area (Å²) < 4.78 is 43.3. The first-order chi connectivity index (χ1) is 9.32. The quantitative estimate of drug-likeness (QED) is 0.801. The van der Waals surface area contributed by atoms with E-state index in [2.05, 4.69) is 15.0 Å². The van der Waals surface area contributed by atoms with E-state index >= 15 is 0 Å². The summed E-state index contributed by atoms with van der Waals surface area (Å²) in [7, 11) is 1.15. The van der Waals surface area contributed by atoms with E-state index in [1.807, 2.05) is 0 Å². The van der Waals surface area contributed by atoms with Crippen LogP contribution in [0.2, 0.25) is 5.02 Å². The summed E-state index contributed by atoms with van der Waals surface area (Å²) >= 11 is 5.83. The van der Waals surface area contributed by atoms with Gasteiger partial charge in [0, 0.05) is 0 Å². The molecule has 0 atom stereocenters. The maximum absolute atomic E-state index is 12.6. The minimum atomic E-state index is -4.51. The molecule has 0 spiro atoms. The van der Waals surface area contributed by atoms with Crippen LogP contribution in [-0.2, 0) is 10.9 Å². The fraction of sp³-hybridized carbons (Fsp3) is 0.182. The first-order valence-electron chi connectivity index (χ1n) is 5.20. The highest BCUT2D eigenvalue weighted by molar-refractivity contribution is 6.32. The van der Waals surface area contributed by atoms with Crippen LogP contribution in [0.3, 0.4) is 0 Å². The van der Waals surface area contributed by atoms with Gasteiger partial charge in [0.2, 0.25) is 0 Å². The molecule has 0 radical (unpaired) electrons. The Kier molecular flexibility index (Phi) is 3.67.